The van der Waals surface area contributed by atoms with Crippen molar-refractivity contribution in [3.05, 3.63) is 17.7 Å². The van der Waals surface area contributed by atoms with E-state index in [1.54, 1.807) is 4.90 Å². The molecule has 0 atom stereocenters. The summed E-state index contributed by atoms with van der Waals surface area (Å²) in [6, 6.07) is 2.18. The van der Waals surface area contributed by atoms with Crippen LogP contribution in [-0.2, 0) is 11.3 Å². The van der Waals surface area contributed by atoms with E-state index in [1.165, 1.54) is 25.9 Å². The zero-order chi connectivity index (χ0) is 19.4. The van der Waals surface area contributed by atoms with Gasteiger partial charge in [-0.05, 0) is 59.5 Å². The second-order valence-electron chi connectivity index (χ2n) is 8.58. The average molecular weight is 374 g/mol. The molecule has 0 bridgehead atoms. The Kier molecular flexibility index (Phi) is 6.05. The van der Waals surface area contributed by atoms with Gasteiger partial charge in [-0.3, -0.25) is 0 Å². The van der Waals surface area contributed by atoms with Gasteiger partial charge in [0, 0.05) is 38.3 Å². The van der Waals surface area contributed by atoms with Gasteiger partial charge in [0.15, 0.2) is 5.69 Å². The summed E-state index contributed by atoms with van der Waals surface area (Å²) in [6.07, 6.45) is 5.91. The summed E-state index contributed by atoms with van der Waals surface area (Å²) in [5.41, 5.74) is 0.0163. The van der Waals surface area contributed by atoms with Crippen molar-refractivity contribution in [3.8, 4) is 6.07 Å². The number of carbonyl (C=O) groups is 1. The van der Waals surface area contributed by atoms with Gasteiger partial charge in [0.1, 0.15) is 17.5 Å². The number of ether oxygens (including phenoxy) is 1. The lowest BCUT2D eigenvalue weighted by atomic mass is 9.96. The molecule has 3 heterocycles. The first kappa shape index (κ1) is 19.7. The SMILES string of the molecule is CC(C)(C)OC(=O)N1CCC(c2nc(C#N)cn2CCN2CCCC2)CC1. The quantitative estimate of drug-likeness (QED) is 0.811. The van der Waals surface area contributed by atoms with Crippen molar-refractivity contribution >= 4 is 6.09 Å². The van der Waals surface area contributed by atoms with Crippen LogP contribution in [0.2, 0.25) is 0 Å². The summed E-state index contributed by atoms with van der Waals surface area (Å²) in [7, 11) is 0. The zero-order valence-corrected chi connectivity index (χ0v) is 16.8. The molecule has 1 aromatic rings. The third kappa shape index (κ3) is 5.23. The maximum absolute atomic E-state index is 12.3. The van der Waals surface area contributed by atoms with Crippen molar-refractivity contribution in [1.29, 1.82) is 5.26 Å². The molecule has 2 aliphatic rings. The number of nitrogens with zero attached hydrogens (tertiary/aromatic N) is 5. The molecule has 0 unspecified atom stereocenters. The monoisotopic (exact) mass is 373 g/mol. The van der Waals surface area contributed by atoms with Crippen LogP contribution in [0.3, 0.4) is 0 Å². The van der Waals surface area contributed by atoms with Crippen LogP contribution >= 0.6 is 0 Å². The number of aromatic nitrogens is 2. The number of piperidine rings is 1. The van der Waals surface area contributed by atoms with E-state index in [0.717, 1.165) is 31.8 Å². The second-order valence-corrected chi connectivity index (χ2v) is 8.58. The molecule has 0 spiro atoms. The minimum absolute atomic E-state index is 0.240. The molecule has 148 valence electrons. The fourth-order valence-electron chi connectivity index (χ4n) is 3.89. The van der Waals surface area contributed by atoms with E-state index in [2.05, 4.69) is 20.5 Å². The van der Waals surface area contributed by atoms with E-state index in [-0.39, 0.29) is 12.0 Å². The first-order valence-electron chi connectivity index (χ1n) is 10.0. The van der Waals surface area contributed by atoms with Crippen molar-refractivity contribution in [2.45, 2.75) is 64.5 Å². The van der Waals surface area contributed by atoms with Crippen LogP contribution in [-0.4, -0.2) is 63.8 Å². The van der Waals surface area contributed by atoms with Gasteiger partial charge < -0.3 is 19.1 Å². The first-order valence-corrected chi connectivity index (χ1v) is 10.0. The summed E-state index contributed by atoms with van der Waals surface area (Å²) in [4.78, 5) is 21.1. The Hall–Kier alpha value is -2.07. The van der Waals surface area contributed by atoms with Crippen LogP contribution in [0.25, 0.3) is 0 Å². The van der Waals surface area contributed by atoms with Crippen molar-refractivity contribution < 1.29 is 9.53 Å². The maximum Gasteiger partial charge on any atom is 0.410 e. The zero-order valence-electron chi connectivity index (χ0n) is 16.8. The average Bonchev–Trinajstić information content (AvgIpc) is 3.28. The molecule has 7 heteroatoms. The summed E-state index contributed by atoms with van der Waals surface area (Å²) in [5.74, 6) is 1.28. The van der Waals surface area contributed by atoms with Gasteiger partial charge in [0.2, 0.25) is 0 Å². The van der Waals surface area contributed by atoms with Gasteiger partial charge in [-0.2, -0.15) is 5.26 Å². The molecule has 2 fully saturated rings. The fraction of sp³-hybridized carbons (Fsp3) is 0.750. The minimum atomic E-state index is -0.471. The standard InChI is InChI=1S/C20H31N5O2/c1-20(2,3)27-19(26)24-10-6-16(7-11-24)18-22-17(14-21)15-25(18)13-12-23-8-4-5-9-23/h15-16H,4-13H2,1-3H3. The summed E-state index contributed by atoms with van der Waals surface area (Å²) >= 11 is 0. The number of likely N-dealkylation sites (tertiary alicyclic amines) is 2. The third-order valence-electron chi connectivity index (χ3n) is 5.29. The highest BCUT2D eigenvalue weighted by Crippen LogP contribution is 2.28. The molecule has 0 N–H and O–H groups in total. The van der Waals surface area contributed by atoms with Crippen LogP contribution in [0.15, 0.2) is 6.20 Å². The van der Waals surface area contributed by atoms with E-state index in [1.807, 2.05) is 27.0 Å². The van der Waals surface area contributed by atoms with Crippen molar-refractivity contribution in [3.63, 3.8) is 0 Å². The summed E-state index contributed by atoms with van der Waals surface area (Å²) in [6.45, 7) is 11.2. The molecule has 7 nitrogen and oxygen atoms in total. The number of hydrogen-bond donors (Lipinski definition) is 0. The Morgan fingerprint density at radius 2 is 1.89 bits per heavy atom. The fourth-order valence-corrected chi connectivity index (χ4v) is 3.89. The van der Waals surface area contributed by atoms with Crippen molar-refractivity contribution in [2.24, 2.45) is 0 Å². The summed E-state index contributed by atoms with van der Waals surface area (Å²) < 4.78 is 7.63. The smallest absolute Gasteiger partial charge is 0.410 e. The highest BCUT2D eigenvalue weighted by molar-refractivity contribution is 5.68. The molecule has 2 aliphatic heterocycles. The van der Waals surface area contributed by atoms with Crippen LogP contribution < -0.4 is 0 Å². The van der Waals surface area contributed by atoms with Gasteiger partial charge in [-0.1, -0.05) is 0 Å². The van der Waals surface area contributed by atoms with Crippen molar-refractivity contribution in [2.75, 3.05) is 32.7 Å². The molecule has 0 aromatic carbocycles. The van der Waals surface area contributed by atoms with Gasteiger partial charge in [-0.25, -0.2) is 9.78 Å². The molecule has 27 heavy (non-hydrogen) atoms. The lowest BCUT2D eigenvalue weighted by Gasteiger charge is -2.33. The predicted octanol–water partition coefficient (Wildman–Crippen LogP) is 2.97. The number of carbonyl (C=O) groups excluding carboxylic acids is 1. The van der Waals surface area contributed by atoms with E-state index < -0.39 is 5.60 Å². The topological polar surface area (TPSA) is 74.4 Å². The molecule has 1 aromatic heterocycles. The number of rotatable bonds is 4. The third-order valence-corrected chi connectivity index (χ3v) is 5.29. The Morgan fingerprint density at radius 3 is 2.48 bits per heavy atom. The highest BCUT2D eigenvalue weighted by Gasteiger charge is 2.29. The van der Waals surface area contributed by atoms with E-state index in [0.29, 0.717) is 18.8 Å². The van der Waals surface area contributed by atoms with E-state index in [4.69, 9.17) is 4.74 Å². The van der Waals surface area contributed by atoms with E-state index >= 15 is 0 Å². The molecular formula is C20H31N5O2. The van der Waals surface area contributed by atoms with Gasteiger partial charge >= 0.3 is 6.09 Å². The first-order chi connectivity index (χ1) is 12.9. The van der Waals surface area contributed by atoms with Crippen LogP contribution in [0.1, 0.15) is 63.9 Å². The molecule has 2 saturated heterocycles. The molecule has 3 rings (SSSR count). The Bertz CT molecular complexity index is 686. The van der Waals surface area contributed by atoms with Crippen LogP contribution in [0.5, 0.6) is 0 Å². The minimum Gasteiger partial charge on any atom is -0.444 e. The molecule has 0 saturated carbocycles. The van der Waals surface area contributed by atoms with Crippen LogP contribution in [0, 0.1) is 11.3 Å². The Balaban J connectivity index is 1.60. The van der Waals surface area contributed by atoms with Gasteiger partial charge in [0.25, 0.3) is 0 Å². The lowest BCUT2D eigenvalue weighted by molar-refractivity contribution is 0.0202. The Morgan fingerprint density at radius 1 is 1.22 bits per heavy atom. The van der Waals surface area contributed by atoms with Crippen molar-refractivity contribution in [1.82, 2.24) is 19.4 Å². The van der Waals surface area contributed by atoms with E-state index in [9.17, 15) is 10.1 Å². The highest BCUT2D eigenvalue weighted by atomic mass is 16.6. The second kappa shape index (κ2) is 8.30. The predicted molar refractivity (Wildman–Crippen MR) is 102 cm³/mol. The molecule has 0 radical (unpaired) electrons. The largest absolute Gasteiger partial charge is 0.444 e. The Labute approximate surface area is 161 Å². The number of amides is 1. The van der Waals surface area contributed by atoms with Crippen LogP contribution in [0.4, 0.5) is 4.79 Å². The normalized spacial score (nSPS) is 19.3. The summed E-state index contributed by atoms with van der Waals surface area (Å²) in [5, 5.41) is 9.27. The molecular weight excluding hydrogens is 342 g/mol. The lowest BCUT2D eigenvalue weighted by Crippen LogP contribution is -2.41. The van der Waals surface area contributed by atoms with Gasteiger partial charge in [0.05, 0.1) is 0 Å². The maximum atomic E-state index is 12.3. The molecule has 1 amide bonds. The number of nitriles is 1. The number of hydrogen-bond acceptors (Lipinski definition) is 5. The van der Waals surface area contributed by atoms with Gasteiger partial charge in [-0.15, -0.1) is 0 Å². The molecule has 0 aliphatic carbocycles. The number of imidazole rings is 1.